The molecule has 1 heterocycles. The van der Waals surface area contributed by atoms with Crippen LogP contribution >= 0.6 is 0 Å². The number of hydrogen-bond acceptors (Lipinski definition) is 3. The lowest BCUT2D eigenvalue weighted by Crippen LogP contribution is -2.15. The second-order valence-electron chi connectivity index (χ2n) is 12.6. The fraction of sp³-hybridized carbons (Fsp3) is 0.0682. The van der Waals surface area contributed by atoms with Gasteiger partial charge in [0.15, 0.2) is 5.82 Å². The van der Waals surface area contributed by atoms with E-state index in [0.29, 0.717) is 5.82 Å². The molecule has 1 aliphatic rings. The van der Waals surface area contributed by atoms with E-state index in [1.54, 1.807) is 0 Å². The summed E-state index contributed by atoms with van der Waals surface area (Å²) in [5.74, 6) is 0.690. The molecule has 0 spiro atoms. The molecule has 0 bridgehead atoms. The smallest absolute Gasteiger partial charge is 0.160 e. The van der Waals surface area contributed by atoms with E-state index in [9.17, 15) is 5.26 Å². The number of hydrogen-bond donors (Lipinski definition) is 0. The molecule has 0 saturated carbocycles. The van der Waals surface area contributed by atoms with Gasteiger partial charge in [-0.05, 0) is 69.3 Å². The van der Waals surface area contributed by atoms with Crippen LogP contribution in [0.5, 0.6) is 0 Å². The number of benzene rings is 6. The predicted molar refractivity (Wildman–Crippen MR) is 191 cm³/mol. The second kappa shape index (κ2) is 11.4. The first-order chi connectivity index (χ1) is 23.0. The quantitative estimate of drug-likeness (QED) is 0.197. The van der Waals surface area contributed by atoms with Crippen molar-refractivity contribution in [3.63, 3.8) is 0 Å². The monoisotopic (exact) mass is 601 g/mol. The zero-order chi connectivity index (χ0) is 32.0. The van der Waals surface area contributed by atoms with Crippen LogP contribution in [0, 0.1) is 11.3 Å². The molecule has 222 valence electrons. The molecule has 47 heavy (non-hydrogen) atoms. The van der Waals surface area contributed by atoms with Crippen molar-refractivity contribution in [2.45, 2.75) is 19.3 Å². The van der Waals surface area contributed by atoms with Gasteiger partial charge in [-0.2, -0.15) is 5.26 Å². The van der Waals surface area contributed by atoms with Gasteiger partial charge < -0.3 is 0 Å². The highest BCUT2D eigenvalue weighted by Crippen LogP contribution is 2.50. The number of nitrogens with zero attached hydrogens (tertiary/aromatic N) is 3. The highest BCUT2D eigenvalue weighted by molar-refractivity contribution is 5.87. The van der Waals surface area contributed by atoms with Gasteiger partial charge in [0, 0.05) is 27.7 Å². The number of nitriles is 1. The molecular formula is C44H31N3. The van der Waals surface area contributed by atoms with Crippen LogP contribution in [0.1, 0.15) is 30.5 Å². The Hall–Kier alpha value is -6.11. The highest BCUT2D eigenvalue weighted by Gasteiger charge is 2.37. The molecule has 0 amide bonds. The van der Waals surface area contributed by atoms with Gasteiger partial charge >= 0.3 is 0 Å². The molecule has 3 heteroatoms. The topological polar surface area (TPSA) is 49.6 Å². The van der Waals surface area contributed by atoms with Crippen LogP contribution in [-0.4, -0.2) is 9.97 Å². The Morgan fingerprint density at radius 1 is 0.468 bits per heavy atom. The Balaban J connectivity index is 1.23. The maximum Gasteiger partial charge on any atom is 0.160 e. The van der Waals surface area contributed by atoms with E-state index < -0.39 is 0 Å². The number of fused-ring (bicyclic) bond motifs is 3. The second-order valence-corrected chi connectivity index (χ2v) is 12.6. The van der Waals surface area contributed by atoms with Gasteiger partial charge in [-0.1, -0.05) is 135 Å². The Labute approximate surface area is 275 Å². The Morgan fingerprint density at radius 2 is 1.02 bits per heavy atom. The van der Waals surface area contributed by atoms with Gasteiger partial charge in [-0.3, -0.25) is 0 Å². The minimum atomic E-state index is -0.203. The lowest BCUT2D eigenvalue weighted by atomic mass is 9.81. The molecule has 0 fully saturated rings. The lowest BCUT2D eigenvalue weighted by Gasteiger charge is -2.22. The van der Waals surface area contributed by atoms with Crippen LogP contribution in [0.15, 0.2) is 152 Å². The summed E-state index contributed by atoms with van der Waals surface area (Å²) in [4.78, 5) is 10.2. The molecule has 0 unspecified atom stereocenters. The first kappa shape index (κ1) is 28.4. The van der Waals surface area contributed by atoms with Crippen LogP contribution in [0.2, 0.25) is 0 Å². The predicted octanol–water partition coefficient (Wildman–Crippen LogP) is 11.0. The van der Waals surface area contributed by atoms with Crippen molar-refractivity contribution in [3.8, 4) is 73.4 Å². The zero-order valence-corrected chi connectivity index (χ0v) is 26.3. The molecular weight excluding hydrogens is 571 g/mol. The fourth-order valence-electron chi connectivity index (χ4n) is 6.87. The Morgan fingerprint density at radius 3 is 1.74 bits per heavy atom. The van der Waals surface area contributed by atoms with E-state index in [2.05, 4.69) is 135 Å². The van der Waals surface area contributed by atoms with Crippen molar-refractivity contribution in [1.82, 2.24) is 9.97 Å². The lowest BCUT2D eigenvalue weighted by molar-refractivity contribution is 0.660. The van der Waals surface area contributed by atoms with Gasteiger partial charge in [-0.25, -0.2) is 9.97 Å². The number of aromatic nitrogens is 2. The molecule has 0 aliphatic heterocycles. The molecule has 8 rings (SSSR count). The minimum Gasteiger partial charge on any atom is -0.228 e. The average molecular weight is 602 g/mol. The van der Waals surface area contributed by atoms with E-state index in [1.165, 1.54) is 11.1 Å². The maximum absolute atomic E-state index is 9.86. The molecule has 0 saturated heterocycles. The summed E-state index contributed by atoms with van der Waals surface area (Å²) in [6.07, 6.45) is 0. The van der Waals surface area contributed by atoms with Gasteiger partial charge in [0.2, 0.25) is 0 Å². The van der Waals surface area contributed by atoms with E-state index >= 15 is 0 Å². The van der Waals surface area contributed by atoms with Crippen LogP contribution < -0.4 is 0 Å². The van der Waals surface area contributed by atoms with Crippen LogP contribution in [0.4, 0.5) is 0 Å². The maximum atomic E-state index is 9.86. The molecule has 1 aromatic heterocycles. The van der Waals surface area contributed by atoms with E-state index in [4.69, 9.17) is 9.97 Å². The largest absolute Gasteiger partial charge is 0.228 e. The van der Waals surface area contributed by atoms with Crippen molar-refractivity contribution in [1.29, 1.82) is 5.26 Å². The fourth-order valence-corrected chi connectivity index (χ4v) is 6.87. The summed E-state index contributed by atoms with van der Waals surface area (Å²) in [6.45, 7) is 4.50. The molecule has 7 aromatic rings. The summed E-state index contributed by atoms with van der Waals surface area (Å²) in [6, 6.07) is 55.0. The number of rotatable bonds is 5. The normalized spacial score (nSPS) is 12.6. The molecule has 3 nitrogen and oxygen atoms in total. The van der Waals surface area contributed by atoms with Crippen molar-refractivity contribution in [3.05, 3.63) is 168 Å². The van der Waals surface area contributed by atoms with Crippen molar-refractivity contribution in [2.24, 2.45) is 0 Å². The third-order valence-corrected chi connectivity index (χ3v) is 9.34. The summed E-state index contributed by atoms with van der Waals surface area (Å²) in [7, 11) is 0. The molecule has 0 atom stereocenters. The van der Waals surface area contributed by atoms with E-state index in [-0.39, 0.29) is 5.41 Å². The standard InChI is InChI=1S/C44H31N3/c1-44(2)38-21-11-20-36(28-45)42(38)37-23-22-33(26-39(37)44)32-17-9-18-34(24-32)41-27-40(30-14-7-4-8-15-30)46-43(47-41)35-19-10-16-31(25-35)29-12-5-3-6-13-29/h3-27H,1-2H3. The SMILES string of the molecule is CC1(C)c2cc(-c3cccc(-c4cc(-c5ccccc5)nc(-c5cccc(-c6ccccc6)c5)n4)c3)ccc2-c2c(C#N)cccc21. The van der Waals surface area contributed by atoms with Gasteiger partial charge in [0.1, 0.15) is 0 Å². The van der Waals surface area contributed by atoms with Gasteiger partial charge in [0.25, 0.3) is 0 Å². The first-order valence-electron chi connectivity index (χ1n) is 15.9. The molecule has 0 N–H and O–H groups in total. The third kappa shape index (κ3) is 5.01. The van der Waals surface area contributed by atoms with Gasteiger partial charge in [0.05, 0.1) is 23.0 Å². The van der Waals surface area contributed by atoms with E-state index in [0.717, 1.165) is 67.0 Å². The summed E-state index contributed by atoms with van der Waals surface area (Å²) >= 11 is 0. The Bertz CT molecular complexity index is 2330. The van der Waals surface area contributed by atoms with Crippen LogP contribution in [-0.2, 0) is 5.41 Å². The summed E-state index contributed by atoms with van der Waals surface area (Å²) in [5, 5.41) is 9.86. The van der Waals surface area contributed by atoms with Crippen LogP contribution in [0.25, 0.3) is 67.3 Å². The van der Waals surface area contributed by atoms with Crippen molar-refractivity contribution >= 4 is 0 Å². The molecule has 6 aromatic carbocycles. The Kier molecular flexibility index (Phi) is 6.85. The minimum absolute atomic E-state index is 0.203. The van der Waals surface area contributed by atoms with E-state index in [1.807, 2.05) is 36.4 Å². The average Bonchev–Trinajstić information content (AvgIpc) is 3.38. The first-order valence-corrected chi connectivity index (χ1v) is 15.9. The summed E-state index contributed by atoms with van der Waals surface area (Å²) < 4.78 is 0. The third-order valence-electron chi connectivity index (χ3n) is 9.34. The van der Waals surface area contributed by atoms with Crippen molar-refractivity contribution < 1.29 is 0 Å². The van der Waals surface area contributed by atoms with Gasteiger partial charge in [-0.15, -0.1) is 0 Å². The van der Waals surface area contributed by atoms with Crippen LogP contribution in [0.3, 0.4) is 0 Å². The molecule has 1 aliphatic carbocycles. The molecule has 0 radical (unpaired) electrons. The summed E-state index contributed by atoms with van der Waals surface area (Å²) in [5.41, 5.74) is 14.5. The van der Waals surface area contributed by atoms with Crippen molar-refractivity contribution in [2.75, 3.05) is 0 Å². The highest BCUT2D eigenvalue weighted by atomic mass is 14.9. The zero-order valence-electron chi connectivity index (χ0n) is 26.3.